The zero-order valence-corrected chi connectivity index (χ0v) is 19.2. The van der Waals surface area contributed by atoms with Gasteiger partial charge in [-0.3, -0.25) is 14.6 Å². The Morgan fingerprint density at radius 1 is 1.19 bits per heavy atom. The summed E-state index contributed by atoms with van der Waals surface area (Å²) in [6, 6.07) is 10.7. The van der Waals surface area contributed by atoms with Crippen molar-refractivity contribution in [2.45, 2.75) is 32.9 Å². The number of nitrogens with zero attached hydrogens (tertiary/aromatic N) is 4. The van der Waals surface area contributed by atoms with Gasteiger partial charge in [0.2, 0.25) is 0 Å². The first kappa shape index (κ1) is 23.1. The van der Waals surface area contributed by atoms with Crippen molar-refractivity contribution in [2.75, 3.05) is 53.6 Å². The zero-order chi connectivity index (χ0) is 22.1. The minimum atomic E-state index is 0.239. The van der Waals surface area contributed by atoms with Gasteiger partial charge in [-0.1, -0.05) is 12.1 Å². The number of aryl methyl sites for hydroxylation is 3. The normalized spacial score (nSPS) is 16.2. The van der Waals surface area contributed by atoms with E-state index < -0.39 is 0 Å². The molecule has 170 valence electrons. The van der Waals surface area contributed by atoms with Crippen molar-refractivity contribution < 1.29 is 9.47 Å². The molecule has 1 aromatic carbocycles. The van der Waals surface area contributed by atoms with E-state index in [4.69, 9.17) is 9.47 Å². The first-order valence-electron chi connectivity index (χ1n) is 11.0. The lowest BCUT2D eigenvalue weighted by atomic mass is 10.0. The van der Waals surface area contributed by atoms with E-state index in [0.29, 0.717) is 0 Å². The Balaban J connectivity index is 1.53. The summed E-state index contributed by atoms with van der Waals surface area (Å²) < 4.78 is 12.9. The molecule has 1 saturated heterocycles. The van der Waals surface area contributed by atoms with Crippen LogP contribution in [0.5, 0.6) is 5.75 Å². The highest BCUT2D eigenvalue weighted by Crippen LogP contribution is 2.23. The number of aromatic nitrogens is 2. The van der Waals surface area contributed by atoms with E-state index in [1.807, 2.05) is 26.1 Å². The molecule has 0 aliphatic carbocycles. The second-order valence-electron chi connectivity index (χ2n) is 7.82. The predicted molar refractivity (Wildman–Crippen MR) is 124 cm³/mol. The molecule has 0 radical (unpaired) electrons. The third kappa shape index (κ3) is 6.70. The Hall–Kier alpha value is -2.58. The van der Waals surface area contributed by atoms with Crippen LogP contribution in [0.25, 0.3) is 0 Å². The van der Waals surface area contributed by atoms with Gasteiger partial charge in [-0.15, -0.1) is 0 Å². The fourth-order valence-electron chi connectivity index (χ4n) is 3.92. The molecule has 1 aliphatic heterocycles. The SMILES string of the molecule is CN=C(NCCCn1nc(C)cc1C)NCC(c1ccc(OC)cc1)N1CCOCC1. The number of ether oxygens (including phenoxy) is 2. The minimum Gasteiger partial charge on any atom is -0.497 e. The molecule has 0 saturated carbocycles. The Bertz CT molecular complexity index is 827. The number of guanidine groups is 1. The van der Waals surface area contributed by atoms with Crippen LogP contribution in [0.15, 0.2) is 35.3 Å². The summed E-state index contributed by atoms with van der Waals surface area (Å²) in [4.78, 5) is 6.87. The van der Waals surface area contributed by atoms with Crippen LogP contribution < -0.4 is 15.4 Å². The van der Waals surface area contributed by atoms with E-state index in [9.17, 15) is 0 Å². The van der Waals surface area contributed by atoms with Gasteiger partial charge in [0, 0.05) is 45.5 Å². The topological polar surface area (TPSA) is 75.9 Å². The van der Waals surface area contributed by atoms with Gasteiger partial charge in [0.25, 0.3) is 0 Å². The molecule has 0 spiro atoms. The third-order valence-electron chi connectivity index (χ3n) is 5.62. The molecular formula is C23H36N6O2. The van der Waals surface area contributed by atoms with Crippen molar-refractivity contribution in [3.8, 4) is 5.75 Å². The first-order chi connectivity index (χ1) is 15.1. The van der Waals surface area contributed by atoms with E-state index >= 15 is 0 Å². The zero-order valence-electron chi connectivity index (χ0n) is 19.2. The Labute approximate surface area is 185 Å². The number of hydrogen-bond donors (Lipinski definition) is 2. The van der Waals surface area contributed by atoms with Crippen molar-refractivity contribution in [1.29, 1.82) is 0 Å². The van der Waals surface area contributed by atoms with Crippen molar-refractivity contribution >= 4 is 5.96 Å². The van der Waals surface area contributed by atoms with Gasteiger partial charge in [0.05, 0.1) is 32.1 Å². The summed E-state index contributed by atoms with van der Waals surface area (Å²) >= 11 is 0. The van der Waals surface area contributed by atoms with Gasteiger partial charge in [0.1, 0.15) is 5.75 Å². The molecule has 2 heterocycles. The quantitative estimate of drug-likeness (QED) is 0.362. The molecule has 1 atom stereocenters. The molecule has 1 fully saturated rings. The van der Waals surface area contributed by atoms with Crippen LogP contribution in [0.1, 0.15) is 29.4 Å². The molecule has 0 bridgehead atoms. The molecule has 1 unspecified atom stereocenters. The first-order valence-corrected chi connectivity index (χ1v) is 11.0. The van der Waals surface area contributed by atoms with E-state index in [1.165, 1.54) is 11.3 Å². The number of benzene rings is 1. The van der Waals surface area contributed by atoms with E-state index in [-0.39, 0.29) is 6.04 Å². The van der Waals surface area contributed by atoms with Crippen molar-refractivity contribution in [1.82, 2.24) is 25.3 Å². The number of rotatable bonds is 9. The van der Waals surface area contributed by atoms with Crippen LogP contribution in [0.3, 0.4) is 0 Å². The summed E-state index contributed by atoms with van der Waals surface area (Å²) in [6.07, 6.45) is 0.980. The van der Waals surface area contributed by atoms with Gasteiger partial charge in [-0.05, 0) is 44.0 Å². The highest BCUT2D eigenvalue weighted by Gasteiger charge is 2.23. The Morgan fingerprint density at radius 3 is 2.55 bits per heavy atom. The monoisotopic (exact) mass is 428 g/mol. The standard InChI is InChI=1S/C23H36N6O2/c1-18-16-19(2)29(27-18)11-5-10-25-23(24-3)26-17-22(28-12-14-31-15-13-28)20-6-8-21(30-4)9-7-20/h6-9,16,22H,5,10-15,17H2,1-4H3,(H2,24,25,26). The van der Waals surface area contributed by atoms with Gasteiger partial charge in [-0.25, -0.2) is 0 Å². The summed E-state index contributed by atoms with van der Waals surface area (Å²) in [5, 5.41) is 11.5. The highest BCUT2D eigenvalue weighted by molar-refractivity contribution is 5.79. The van der Waals surface area contributed by atoms with Crippen LogP contribution >= 0.6 is 0 Å². The molecule has 8 nitrogen and oxygen atoms in total. The lowest BCUT2D eigenvalue weighted by Gasteiger charge is -2.35. The second kappa shape index (κ2) is 11.7. The average Bonchev–Trinajstić information content (AvgIpc) is 3.13. The fourth-order valence-corrected chi connectivity index (χ4v) is 3.92. The maximum absolute atomic E-state index is 5.56. The molecule has 31 heavy (non-hydrogen) atoms. The molecule has 3 rings (SSSR count). The summed E-state index contributed by atoms with van der Waals surface area (Å²) in [6.45, 7) is 10.0. The van der Waals surface area contributed by atoms with E-state index in [2.05, 4.69) is 55.4 Å². The summed E-state index contributed by atoms with van der Waals surface area (Å²) in [7, 11) is 3.51. The van der Waals surface area contributed by atoms with Crippen LogP contribution in [-0.2, 0) is 11.3 Å². The van der Waals surface area contributed by atoms with Crippen LogP contribution in [0, 0.1) is 13.8 Å². The van der Waals surface area contributed by atoms with Gasteiger partial charge in [-0.2, -0.15) is 5.10 Å². The lowest BCUT2D eigenvalue weighted by molar-refractivity contribution is 0.0170. The molecule has 0 amide bonds. The largest absolute Gasteiger partial charge is 0.497 e. The molecule has 2 aromatic rings. The van der Waals surface area contributed by atoms with Crippen LogP contribution in [0.4, 0.5) is 0 Å². The van der Waals surface area contributed by atoms with Crippen LogP contribution in [0.2, 0.25) is 0 Å². The lowest BCUT2D eigenvalue weighted by Crippen LogP contribution is -2.46. The van der Waals surface area contributed by atoms with Crippen molar-refractivity contribution in [2.24, 2.45) is 4.99 Å². The molecule has 1 aromatic heterocycles. The number of morpholine rings is 1. The molecular weight excluding hydrogens is 392 g/mol. The summed E-state index contributed by atoms with van der Waals surface area (Å²) in [5.41, 5.74) is 3.53. The molecule has 2 N–H and O–H groups in total. The second-order valence-corrected chi connectivity index (χ2v) is 7.82. The Morgan fingerprint density at radius 2 is 1.94 bits per heavy atom. The maximum atomic E-state index is 5.56. The van der Waals surface area contributed by atoms with Crippen molar-refractivity contribution in [3.05, 3.63) is 47.3 Å². The van der Waals surface area contributed by atoms with Gasteiger partial charge >= 0.3 is 0 Å². The third-order valence-corrected chi connectivity index (χ3v) is 5.62. The number of methoxy groups -OCH3 is 1. The maximum Gasteiger partial charge on any atom is 0.191 e. The number of nitrogens with one attached hydrogen (secondary N) is 2. The fraction of sp³-hybridized carbons (Fsp3) is 0.565. The highest BCUT2D eigenvalue weighted by atomic mass is 16.5. The van der Waals surface area contributed by atoms with Gasteiger partial charge < -0.3 is 20.1 Å². The van der Waals surface area contributed by atoms with E-state index in [0.717, 1.165) is 69.8 Å². The number of hydrogen-bond acceptors (Lipinski definition) is 5. The van der Waals surface area contributed by atoms with E-state index in [1.54, 1.807) is 7.11 Å². The predicted octanol–water partition coefficient (Wildman–Crippen LogP) is 2.14. The Kier molecular flexibility index (Phi) is 8.73. The molecule has 8 heteroatoms. The minimum absolute atomic E-state index is 0.239. The van der Waals surface area contributed by atoms with Crippen LogP contribution in [-0.4, -0.2) is 74.2 Å². The average molecular weight is 429 g/mol. The molecule has 1 aliphatic rings. The summed E-state index contributed by atoms with van der Waals surface area (Å²) in [5.74, 6) is 1.69. The smallest absolute Gasteiger partial charge is 0.191 e. The van der Waals surface area contributed by atoms with Gasteiger partial charge in [0.15, 0.2) is 5.96 Å². The number of aliphatic imine (C=N–C) groups is 1. The van der Waals surface area contributed by atoms with Crippen molar-refractivity contribution in [3.63, 3.8) is 0 Å².